The molecule has 3 N–H and O–H groups in total. The number of nitrogens with two attached hydrogens (primary N) is 1. The van der Waals surface area contributed by atoms with Gasteiger partial charge in [0, 0.05) is 30.0 Å². The van der Waals surface area contributed by atoms with E-state index in [2.05, 4.69) is 15.4 Å². The minimum absolute atomic E-state index is 0.0658. The summed E-state index contributed by atoms with van der Waals surface area (Å²) in [6, 6.07) is 5.79. The molecular weight excluding hydrogens is 278 g/mol. The third kappa shape index (κ3) is 3.33. The summed E-state index contributed by atoms with van der Waals surface area (Å²) in [7, 11) is 0. The number of amides is 1. The van der Waals surface area contributed by atoms with E-state index in [1.54, 1.807) is 6.20 Å². The molecule has 22 heavy (non-hydrogen) atoms. The maximum absolute atomic E-state index is 11.4. The zero-order valence-electron chi connectivity index (χ0n) is 13.5. The van der Waals surface area contributed by atoms with Crippen molar-refractivity contribution in [2.75, 3.05) is 6.54 Å². The summed E-state index contributed by atoms with van der Waals surface area (Å²) >= 11 is 0. The van der Waals surface area contributed by atoms with Crippen LogP contribution in [0.1, 0.15) is 38.1 Å². The maximum Gasteiger partial charge on any atom is 0.224 e. The molecule has 0 aliphatic heterocycles. The number of carbonyl (C=O) groups excluding carboxylic acids is 1. The van der Waals surface area contributed by atoms with Crippen molar-refractivity contribution in [3.63, 3.8) is 0 Å². The second kappa shape index (κ2) is 6.27. The quantitative estimate of drug-likeness (QED) is 0.851. The first kappa shape index (κ1) is 16.2. The van der Waals surface area contributed by atoms with Crippen LogP contribution in [-0.2, 0) is 4.79 Å². The predicted octanol–water partition coefficient (Wildman–Crippen LogP) is 1.74. The van der Waals surface area contributed by atoms with Gasteiger partial charge in [0.2, 0.25) is 5.91 Å². The molecule has 0 saturated carbocycles. The van der Waals surface area contributed by atoms with Gasteiger partial charge in [-0.05, 0) is 39.8 Å². The molecule has 0 radical (unpaired) electrons. The number of primary amides is 1. The third-order valence-corrected chi connectivity index (χ3v) is 3.90. The second-order valence-electron chi connectivity index (χ2n) is 6.14. The van der Waals surface area contributed by atoms with Gasteiger partial charge in [0.15, 0.2) is 5.82 Å². The number of carbonyl (C=O) groups is 1. The molecule has 2 aromatic heterocycles. The Morgan fingerprint density at radius 1 is 1.45 bits per heavy atom. The molecule has 0 bridgehead atoms. The van der Waals surface area contributed by atoms with Gasteiger partial charge in [-0.1, -0.05) is 6.07 Å². The van der Waals surface area contributed by atoms with Gasteiger partial charge in [0.05, 0.1) is 11.6 Å². The number of aromatic nitrogens is 3. The summed E-state index contributed by atoms with van der Waals surface area (Å²) in [4.78, 5) is 15.7. The van der Waals surface area contributed by atoms with Gasteiger partial charge in [-0.25, -0.2) is 9.67 Å². The molecule has 0 fully saturated rings. The van der Waals surface area contributed by atoms with E-state index >= 15 is 0 Å². The number of nitrogens with zero attached hydrogens (tertiary/aromatic N) is 3. The highest BCUT2D eigenvalue weighted by atomic mass is 16.1. The molecule has 0 aromatic carbocycles. The van der Waals surface area contributed by atoms with Crippen molar-refractivity contribution in [2.45, 2.75) is 33.7 Å². The lowest BCUT2D eigenvalue weighted by Crippen LogP contribution is -2.41. The van der Waals surface area contributed by atoms with Gasteiger partial charge in [-0.2, -0.15) is 5.10 Å². The Hall–Kier alpha value is -2.21. The molecule has 0 aliphatic rings. The fraction of sp³-hybridized carbons (Fsp3) is 0.438. The Balaban J connectivity index is 2.14. The van der Waals surface area contributed by atoms with Gasteiger partial charge in [0.25, 0.3) is 0 Å². The minimum atomic E-state index is -0.584. The second-order valence-corrected chi connectivity index (χ2v) is 6.14. The third-order valence-electron chi connectivity index (χ3n) is 3.90. The van der Waals surface area contributed by atoms with Crippen LogP contribution < -0.4 is 11.1 Å². The highest BCUT2D eigenvalue weighted by Gasteiger charge is 2.26. The van der Waals surface area contributed by atoms with Gasteiger partial charge in [-0.15, -0.1) is 0 Å². The summed E-state index contributed by atoms with van der Waals surface area (Å²) in [6.45, 7) is 8.23. The fourth-order valence-electron chi connectivity index (χ4n) is 2.16. The van der Waals surface area contributed by atoms with Crippen molar-refractivity contribution in [3.8, 4) is 5.82 Å². The van der Waals surface area contributed by atoms with Crippen molar-refractivity contribution in [2.24, 2.45) is 11.1 Å². The van der Waals surface area contributed by atoms with E-state index in [-0.39, 0.29) is 11.9 Å². The molecule has 0 spiro atoms. The molecule has 118 valence electrons. The Morgan fingerprint density at radius 3 is 2.77 bits per heavy atom. The van der Waals surface area contributed by atoms with E-state index in [1.165, 1.54) is 0 Å². The lowest BCUT2D eigenvalue weighted by Gasteiger charge is -2.23. The first-order chi connectivity index (χ1) is 10.3. The highest BCUT2D eigenvalue weighted by molar-refractivity contribution is 5.80. The predicted molar refractivity (Wildman–Crippen MR) is 85.5 cm³/mol. The molecule has 6 heteroatoms. The topological polar surface area (TPSA) is 85.8 Å². The largest absolute Gasteiger partial charge is 0.369 e. The number of hydrogen-bond acceptors (Lipinski definition) is 4. The Kier molecular flexibility index (Phi) is 4.61. The first-order valence-corrected chi connectivity index (χ1v) is 7.32. The minimum Gasteiger partial charge on any atom is -0.369 e. The average molecular weight is 301 g/mol. The van der Waals surface area contributed by atoms with E-state index in [1.807, 2.05) is 56.8 Å². The summed E-state index contributed by atoms with van der Waals surface area (Å²) in [6.07, 6.45) is 3.58. The van der Waals surface area contributed by atoms with Crippen LogP contribution in [-0.4, -0.2) is 27.2 Å². The van der Waals surface area contributed by atoms with Gasteiger partial charge in [0.1, 0.15) is 0 Å². The molecule has 2 rings (SSSR count). The van der Waals surface area contributed by atoms with Crippen LogP contribution in [0, 0.1) is 12.3 Å². The van der Waals surface area contributed by atoms with E-state index in [0.29, 0.717) is 6.54 Å². The smallest absolute Gasteiger partial charge is 0.224 e. The summed E-state index contributed by atoms with van der Waals surface area (Å²) in [5.74, 6) is 0.476. The van der Waals surface area contributed by atoms with Crippen LogP contribution in [0.15, 0.2) is 30.6 Å². The zero-order chi connectivity index (χ0) is 16.3. The molecule has 1 amide bonds. The summed E-state index contributed by atoms with van der Waals surface area (Å²) in [5, 5.41) is 7.76. The van der Waals surface area contributed by atoms with Crippen molar-refractivity contribution < 1.29 is 4.79 Å². The number of nitrogens with one attached hydrogen (secondary N) is 1. The average Bonchev–Trinajstić information content (AvgIpc) is 2.87. The number of rotatable bonds is 6. The van der Waals surface area contributed by atoms with Crippen LogP contribution >= 0.6 is 0 Å². The van der Waals surface area contributed by atoms with Gasteiger partial charge in [-0.3, -0.25) is 4.79 Å². The normalized spacial score (nSPS) is 13.1. The Morgan fingerprint density at radius 2 is 2.18 bits per heavy atom. The van der Waals surface area contributed by atoms with Gasteiger partial charge < -0.3 is 11.1 Å². The molecule has 2 aromatic rings. The van der Waals surface area contributed by atoms with Crippen molar-refractivity contribution in [1.29, 1.82) is 0 Å². The van der Waals surface area contributed by atoms with E-state index in [4.69, 9.17) is 5.73 Å². The van der Waals surface area contributed by atoms with Crippen LogP contribution in [0.3, 0.4) is 0 Å². The van der Waals surface area contributed by atoms with Crippen molar-refractivity contribution in [3.05, 3.63) is 41.9 Å². The van der Waals surface area contributed by atoms with Crippen LogP contribution in [0.4, 0.5) is 0 Å². The van der Waals surface area contributed by atoms with Crippen LogP contribution in [0.2, 0.25) is 0 Å². The molecule has 0 saturated heterocycles. The molecule has 2 heterocycles. The summed E-state index contributed by atoms with van der Waals surface area (Å²) < 4.78 is 1.81. The first-order valence-electron chi connectivity index (χ1n) is 7.32. The van der Waals surface area contributed by atoms with E-state index in [9.17, 15) is 4.79 Å². The number of hydrogen-bond donors (Lipinski definition) is 2. The zero-order valence-corrected chi connectivity index (χ0v) is 13.5. The van der Waals surface area contributed by atoms with Crippen LogP contribution in [0.5, 0.6) is 0 Å². The Labute approximate surface area is 130 Å². The lowest BCUT2D eigenvalue weighted by atomic mass is 9.92. The van der Waals surface area contributed by atoms with Crippen molar-refractivity contribution in [1.82, 2.24) is 20.1 Å². The van der Waals surface area contributed by atoms with Gasteiger partial charge >= 0.3 is 0 Å². The monoisotopic (exact) mass is 301 g/mol. The van der Waals surface area contributed by atoms with E-state index in [0.717, 1.165) is 17.1 Å². The summed E-state index contributed by atoms with van der Waals surface area (Å²) in [5.41, 5.74) is 6.92. The molecular formula is C16H23N5O. The van der Waals surface area contributed by atoms with E-state index < -0.39 is 5.41 Å². The molecule has 6 nitrogen and oxygen atoms in total. The lowest BCUT2D eigenvalue weighted by molar-refractivity contribution is -0.125. The molecule has 0 unspecified atom stereocenters. The standard InChI is InChI=1S/C16H23N5O/c1-11(19-10-16(3,4)15(17)22)13-9-20-21(12(13)2)14-7-5-6-8-18-14/h5-9,11,19H,10H2,1-4H3,(H2,17,22)/t11-/m0/s1. The maximum atomic E-state index is 11.4. The highest BCUT2D eigenvalue weighted by Crippen LogP contribution is 2.21. The Bertz CT molecular complexity index is 648. The SMILES string of the molecule is Cc1c([C@H](C)NCC(C)(C)C(N)=O)cnn1-c1ccccn1. The van der Waals surface area contributed by atoms with Crippen LogP contribution in [0.25, 0.3) is 5.82 Å². The fourth-order valence-corrected chi connectivity index (χ4v) is 2.16. The molecule has 1 atom stereocenters. The number of pyridine rings is 1. The molecule has 0 aliphatic carbocycles. The van der Waals surface area contributed by atoms with Crippen molar-refractivity contribution >= 4 is 5.91 Å².